The summed E-state index contributed by atoms with van der Waals surface area (Å²) in [6.07, 6.45) is 1.96. The Bertz CT molecular complexity index is 433. The zero-order valence-electron chi connectivity index (χ0n) is 10.0. The van der Waals surface area contributed by atoms with Crippen LogP contribution >= 0.6 is 0 Å². The van der Waals surface area contributed by atoms with Crippen LogP contribution in [0.1, 0.15) is 18.4 Å². The standard InChI is InChI=1S/C13H16F2N2O/c14-11-3-4-12(15)10(7-11)8-16-5-6-17-13(18)9-1-2-9/h3-4,7,9,16H,1-2,5-6,8H2,(H,17,18). The van der Waals surface area contributed by atoms with Gasteiger partial charge in [0.25, 0.3) is 0 Å². The summed E-state index contributed by atoms with van der Waals surface area (Å²) in [7, 11) is 0. The van der Waals surface area contributed by atoms with E-state index in [9.17, 15) is 13.6 Å². The summed E-state index contributed by atoms with van der Waals surface area (Å²) in [6, 6.07) is 3.38. The van der Waals surface area contributed by atoms with Crippen LogP contribution < -0.4 is 10.6 Å². The Labute approximate surface area is 105 Å². The zero-order valence-corrected chi connectivity index (χ0v) is 10.0. The number of carbonyl (C=O) groups is 1. The normalized spacial score (nSPS) is 14.6. The number of amides is 1. The van der Waals surface area contributed by atoms with E-state index in [1.54, 1.807) is 0 Å². The maximum Gasteiger partial charge on any atom is 0.223 e. The highest BCUT2D eigenvalue weighted by Gasteiger charge is 2.28. The predicted molar refractivity (Wildman–Crippen MR) is 63.8 cm³/mol. The first-order chi connectivity index (χ1) is 8.66. The van der Waals surface area contributed by atoms with Crippen LogP contribution in [0.5, 0.6) is 0 Å². The van der Waals surface area contributed by atoms with Crippen LogP contribution in [0, 0.1) is 17.6 Å². The molecule has 1 aromatic rings. The Morgan fingerprint density at radius 2 is 2.06 bits per heavy atom. The van der Waals surface area contributed by atoms with Gasteiger partial charge in [0, 0.05) is 31.1 Å². The summed E-state index contributed by atoms with van der Waals surface area (Å²) < 4.78 is 26.1. The minimum Gasteiger partial charge on any atom is -0.355 e. The Kier molecular flexibility index (Phi) is 4.25. The van der Waals surface area contributed by atoms with E-state index < -0.39 is 11.6 Å². The van der Waals surface area contributed by atoms with Crippen molar-refractivity contribution in [2.75, 3.05) is 13.1 Å². The molecule has 2 rings (SSSR count). The second kappa shape index (κ2) is 5.91. The molecule has 1 amide bonds. The first kappa shape index (κ1) is 13.0. The van der Waals surface area contributed by atoms with Gasteiger partial charge >= 0.3 is 0 Å². The van der Waals surface area contributed by atoms with Crippen molar-refractivity contribution < 1.29 is 13.6 Å². The number of rotatable bonds is 6. The fourth-order valence-corrected chi connectivity index (χ4v) is 1.67. The van der Waals surface area contributed by atoms with Crippen molar-refractivity contribution >= 4 is 5.91 Å². The van der Waals surface area contributed by atoms with Gasteiger partial charge in [-0.1, -0.05) is 0 Å². The van der Waals surface area contributed by atoms with Crippen LogP contribution in [0.15, 0.2) is 18.2 Å². The molecule has 0 spiro atoms. The number of nitrogens with one attached hydrogen (secondary N) is 2. The Morgan fingerprint density at radius 3 is 2.78 bits per heavy atom. The van der Waals surface area contributed by atoms with Gasteiger partial charge in [-0.3, -0.25) is 4.79 Å². The van der Waals surface area contributed by atoms with Crippen molar-refractivity contribution in [3.05, 3.63) is 35.4 Å². The maximum atomic E-state index is 13.2. The lowest BCUT2D eigenvalue weighted by Gasteiger charge is -2.07. The van der Waals surface area contributed by atoms with Gasteiger partial charge in [-0.05, 0) is 31.0 Å². The topological polar surface area (TPSA) is 41.1 Å². The monoisotopic (exact) mass is 254 g/mol. The number of carbonyl (C=O) groups excluding carboxylic acids is 1. The molecule has 1 aromatic carbocycles. The molecular formula is C13H16F2N2O. The van der Waals surface area contributed by atoms with E-state index in [-0.39, 0.29) is 18.4 Å². The molecule has 1 saturated carbocycles. The van der Waals surface area contributed by atoms with Gasteiger partial charge < -0.3 is 10.6 Å². The van der Waals surface area contributed by atoms with Gasteiger partial charge in [0.1, 0.15) is 11.6 Å². The zero-order chi connectivity index (χ0) is 13.0. The van der Waals surface area contributed by atoms with Crippen molar-refractivity contribution in [3.8, 4) is 0 Å². The summed E-state index contributed by atoms with van der Waals surface area (Å²) in [5.74, 6) is -0.583. The molecular weight excluding hydrogens is 238 g/mol. The molecule has 1 aliphatic carbocycles. The fourth-order valence-electron chi connectivity index (χ4n) is 1.67. The smallest absolute Gasteiger partial charge is 0.223 e. The average Bonchev–Trinajstić information content (AvgIpc) is 3.17. The highest BCUT2D eigenvalue weighted by Crippen LogP contribution is 2.28. The molecule has 0 aromatic heterocycles. The van der Waals surface area contributed by atoms with Crippen molar-refractivity contribution in [1.29, 1.82) is 0 Å². The van der Waals surface area contributed by atoms with Crippen LogP contribution in [0.3, 0.4) is 0 Å². The summed E-state index contributed by atoms with van der Waals surface area (Å²) >= 11 is 0. The van der Waals surface area contributed by atoms with Crippen molar-refractivity contribution in [1.82, 2.24) is 10.6 Å². The molecule has 1 aliphatic rings. The molecule has 0 atom stereocenters. The predicted octanol–water partition coefficient (Wildman–Crippen LogP) is 1.58. The van der Waals surface area contributed by atoms with E-state index in [0.29, 0.717) is 18.7 Å². The highest BCUT2D eigenvalue weighted by atomic mass is 19.1. The first-order valence-electron chi connectivity index (χ1n) is 6.09. The first-order valence-corrected chi connectivity index (χ1v) is 6.09. The fraction of sp³-hybridized carbons (Fsp3) is 0.462. The van der Waals surface area contributed by atoms with E-state index in [0.717, 1.165) is 25.0 Å². The second-order valence-electron chi connectivity index (χ2n) is 4.48. The molecule has 2 N–H and O–H groups in total. The van der Waals surface area contributed by atoms with Gasteiger partial charge in [-0.15, -0.1) is 0 Å². The van der Waals surface area contributed by atoms with Crippen molar-refractivity contribution in [2.24, 2.45) is 5.92 Å². The minimum absolute atomic E-state index is 0.0914. The Balaban J connectivity index is 1.65. The van der Waals surface area contributed by atoms with Gasteiger partial charge in [0.15, 0.2) is 0 Å². The van der Waals surface area contributed by atoms with Gasteiger partial charge in [0.2, 0.25) is 5.91 Å². The van der Waals surface area contributed by atoms with E-state index in [2.05, 4.69) is 10.6 Å². The van der Waals surface area contributed by atoms with E-state index in [4.69, 9.17) is 0 Å². The SMILES string of the molecule is O=C(NCCNCc1cc(F)ccc1F)C1CC1. The molecule has 98 valence electrons. The van der Waals surface area contributed by atoms with Crippen LogP contribution in [0.25, 0.3) is 0 Å². The number of hydrogen-bond acceptors (Lipinski definition) is 2. The highest BCUT2D eigenvalue weighted by molar-refractivity contribution is 5.80. The Hall–Kier alpha value is -1.49. The van der Waals surface area contributed by atoms with Crippen LogP contribution in [0.2, 0.25) is 0 Å². The molecule has 0 bridgehead atoms. The summed E-state index contributed by atoms with van der Waals surface area (Å²) in [5, 5.41) is 5.75. The van der Waals surface area contributed by atoms with E-state index >= 15 is 0 Å². The number of hydrogen-bond donors (Lipinski definition) is 2. The maximum absolute atomic E-state index is 13.2. The quantitative estimate of drug-likeness (QED) is 0.757. The molecule has 5 heteroatoms. The summed E-state index contributed by atoms with van der Waals surface area (Å²) in [4.78, 5) is 11.3. The van der Waals surface area contributed by atoms with Crippen molar-refractivity contribution in [2.45, 2.75) is 19.4 Å². The Morgan fingerprint density at radius 1 is 1.28 bits per heavy atom. The van der Waals surface area contributed by atoms with E-state index in [1.165, 1.54) is 6.07 Å². The summed E-state index contributed by atoms with van der Waals surface area (Å²) in [5.41, 5.74) is 0.295. The molecule has 18 heavy (non-hydrogen) atoms. The molecule has 1 fully saturated rings. The lowest BCUT2D eigenvalue weighted by Crippen LogP contribution is -2.32. The average molecular weight is 254 g/mol. The third-order valence-corrected chi connectivity index (χ3v) is 2.87. The molecule has 0 saturated heterocycles. The van der Waals surface area contributed by atoms with Crippen LogP contribution in [0.4, 0.5) is 8.78 Å². The van der Waals surface area contributed by atoms with Gasteiger partial charge in [-0.25, -0.2) is 8.78 Å². The summed E-state index contributed by atoms with van der Waals surface area (Å²) in [6.45, 7) is 1.30. The number of halogens is 2. The van der Waals surface area contributed by atoms with Gasteiger partial charge in [-0.2, -0.15) is 0 Å². The van der Waals surface area contributed by atoms with Crippen molar-refractivity contribution in [3.63, 3.8) is 0 Å². The minimum atomic E-state index is -0.449. The lowest BCUT2D eigenvalue weighted by atomic mass is 10.2. The number of benzene rings is 1. The third-order valence-electron chi connectivity index (χ3n) is 2.87. The molecule has 0 unspecified atom stereocenters. The van der Waals surface area contributed by atoms with Gasteiger partial charge in [0.05, 0.1) is 0 Å². The molecule has 0 aliphatic heterocycles. The third kappa shape index (κ3) is 3.77. The molecule has 0 heterocycles. The van der Waals surface area contributed by atoms with Crippen LogP contribution in [-0.4, -0.2) is 19.0 Å². The van der Waals surface area contributed by atoms with E-state index in [1.807, 2.05) is 0 Å². The van der Waals surface area contributed by atoms with Crippen LogP contribution in [-0.2, 0) is 11.3 Å². The molecule has 0 radical (unpaired) electrons. The largest absolute Gasteiger partial charge is 0.355 e. The second-order valence-corrected chi connectivity index (χ2v) is 4.48. The lowest BCUT2D eigenvalue weighted by molar-refractivity contribution is -0.122. The molecule has 3 nitrogen and oxygen atoms in total.